The fourth-order valence-electron chi connectivity index (χ4n) is 1.85. The SMILES string of the molecule is Cc1cncc(-c2ccc(OC(F)(F)F)cc2C(=O)O)c1. The van der Waals surface area contributed by atoms with Crippen LogP contribution in [0, 0.1) is 6.92 Å². The molecule has 7 heteroatoms. The van der Waals surface area contributed by atoms with Crippen molar-refractivity contribution in [3.05, 3.63) is 47.8 Å². The predicted octanol–water partition coefficient (Wildman–Crippen LogP) is 3.65. The molecule has 0 aliphatic carbocycles. The summed E-state index contributed by atoms with van der Waals surface area (Å²) in [6.45, 7) is 1.78. The molecule has 0 saturated carbocycles. The van der Waals surface area contributed by atoms with Gasteiger partial charge >= 0.3 is 12.3 Å². The third-order valence-corrected chi connectivity index (χ3v) is 2.64. The summed E-state index contributed by atoms with van der Waals surface area (Å²) in [5.41, 5.74) is 1.29. The summed E-state index contributed by atoms with van der Waals surface area (Å²) in [7, 11) is 0. The van der Waals surface area contributed by atoms with E-state index in [2.05, 4.69) is 9.72 Å². The van der Waals surface area contributed by atoms with Gasteiger partial charge < -0.3 is 9.84 Å². The Morgan fingerprint density at radius 3 is 2.52 bits per heavy atom. The summed E-state index contributed by atoms with van der Waals surface area (Å²) >= 11 is 0. The molecular weight excluding hydrogens is 287 g/mol. The normalized spacial score (nSPS) is 11.2. The molecule has 0 aliphatic rings. The number of carbonyl (C=O) groups is 1. The van der Waals surface area contributed by atoms with Crippen LogP contribution in [-0.2, 0) is 0 Å². The molecule has 21 heavy (non-hydrogen) atoms. The Morgan fingerprint density at radius 1 is 1.24 bits per heavy atom. The first kappa shape index (κ1) is 14.8. The number of benzene rings is 1. The van der Waals surface area contributed by atoms with Crippen LogP contribution >= 0.6 is 0 Å². The quantitative estimate of drug-likeness (QED) is 0.939. The van der Waals surface area contributed by atoms with Gasteiger partial charge in [-0.3, -0.25) is 4.98 Å². The smallest absolute Gasteiger partial charge is 0.478 e. The summed E-state index contributed by atoms with van der Waals surface area (Å²) in [6, 6.07) is 4.87. The zero-order chi connectivity index (χ0) is 15.6. The van der Waals surface area contributed by atoms with Gasteiger partial charge in [-0.1, -0.05) is 0 Å². The lowest BCUT2D eigenvalue weighted by atomic mass is 10.00. The second-order valence-electron chi connectivity index (χ2n) is 4.31. The molecule has 1 aromatic carbocycles. The van der Waals surface area contributed by atoms with Crippen LogP contribution in [-0.4, -0.2) is 22.4 Å². The fraction of sp³-hybridized carbons (Fsp3) is 0.143. The zero-order valence-electron chi connectivity index (χ0n) is 10.8. The largest absolute Gasteiger partial charge is 0.573 e. The van der Waals surface area contributed by atoms with Crippen molar-refractivity contribution in [3.8, 4) is 16.9 Å². The van der Waals surface area contributed by atoms with E-state index in [0.29, 0.717) is 5.56 Å². The summed E-state index contributed by atoms with van der Waals surface area (Å²) < 4.78 is 40.2. The van der Waals surface area contributed by atoms with Gasteiger partial charge in [-0.25, -0.2) is 4.79 Å². The Hall–Kier alpha value is -2.57. The molecule has 1 aromatic heterocycles. The maximum Gasteiger partial charge on any atom is 0.573 e. The van der Waals surface area contributed by atoms with Crippen LogP contribution in [0.4, 0.5) is 13.2 Å². The van der Waals surface area contributed by atoms with Crippen LogP contribution in [0.15, 0.2) is 36.7 Å². The molecule has 4 nitrogen and oxygen atoms in total. The first-order valence-electron chi connectivity index (χ1n) is 5.81. The minimum Gasteiger partial charge on any atom is -0.478 e. The number of hydrogen-bond donors (Lipinski definition) is 1. The second kappa shape index (κ2) is 5.43. The monoisotopic (exact) mass is 297 g/mol. The Morgan fingerprint density at radius 2 is 1.95 bits per heavy atom. The predicted molar refractivity (Wildman–Crippen MR) is 68.1 cm³/mol. The van der Waals surface area contributed by atoms with Crippen molar-refractivity contribution < 1.29 is 27.8 Å². The molecule has 0 fully saturated rings. The maximum absolute atomic E-state index is 12.2. The van der Waals surface area contributed by atoms with Crippen molar-refractivity contribution >= 4 is 5.97 Å². The zero-order valence-corrected chi connectivity index (χ0v) is 10.8. The fourth-order valence-corrected chi connectivity index (χ4v) is 1.85. The van der Waals surface area contributed by atoms with Crippen LogP contribution in [0.1, 0.15) is 15.9 Å². The third-order valence-electron chi connectivity index (χ3n) is 2.64. The van der Waals surface area contributed by atoms with Gasteiger partial charge in [-0.2, -0.15) is 0 Å². The van der Waals surface area contributed by atoms with Crippen LogP contribution in [0.3, 0.4) is 0 Å². The Labute approximate surface area is 117 Å². The van der Waals surface area contributed by atoms with Crippen LogP contribution < -0.4 is 4.74 Å². The lowest BCUT2D eigenvalue weighted by Crippen LogP contribution is -2.17. The molecule has 0 spiro atoms. The molecule has 0 amide bonds. The van der Waals surface area contributed by atoms with Crippen LogP contribution in [0.5, 0.6) is 5.75 Å². The molecule has 110 valence electrons. The number of aromatic nitrogens is 1. The molecule has 1 heterocycles. The van der Waals surface area contributed by atoms with E-state index < -0.39 is 18.1 Å². The average molecular weight is 297 g/mol. The summed E-state index contributed by atoms with van der Waals surface area (Å²) in [5.74, 6) is -1.93. The summed E-state index contributed by atoms with van der Waals surface area (Å²) in [5, 5.41) is 9.16. The van der Waals surface area contributed by atoms with Crippen molar-refractivity contribution in [1.82, 2.24) is 4.98 Å². The highest BCUT2D eigenvalue weighted by Crippen LogP contribution is 2.30. The minimum atomic E-state index is -4.87. The van der Waals surface area contributed by atoms with Crippen LogP contribution in [0.2, 0.25) is 0 Å². The molecule has 1 N–H and O–H groups in total. The van der Waals surface area contributed by atoms with E-state index in [1.54, 1.807) is 19.2 Å². The van der Waals surface area contributed by atoms with Gasteiger partial charge in [-0.15, -0.1) is 13.2 Å². The van der Waals surface area contributed by atoms with Gasteiger partial charge in [0, 0.05) is 18.0 Å². The number of aryl methyl sites for hydroxylation is 1. The topological polar surface area (TPSA) is 59.4 Å². The standard InChI is InChI=1S/C14H10F3NO3/c1-8-4-9(7-18-6-8)11-3-2-10(21-14(15,16)17)5-12(11)13(19)20/h2-7H,1H3,(H,19,20). The second-order valence-corrected chi connectivity index (χ2v) is 4.31. The highest BCUT2D eigenvalue weighted by Gasteiger charge is 2.31. The molecule has 0 saturated heterocycles. The highest BCUT2D eigenvalue weighted by atomic mass is 19.4. The number of nitrogens with zero attached hydrogens (tertiary/aromatic N) is 1. The third kappa shape index (κ3) is 3.71. The van der Waals surface area contributed by atoms with Gasteiger partial charge in [0.25, 0.3) is 0 Å². The molecule has 0 radical (unpaired) electrons. The van der Waals surface area contributed by atoms with Gasteiger partial charge in [0.2, 0.25) is 0 Å². The lowest BCUT2D eigenvalue weighted by molar-refractivity contribution is -0.274. The van der Waals surface area contributed by atoms with E-state index in [-0.39, 0.29) is 11.1 Å². The van der Waals surface area contributed by atoms with Crippen molar-refractivity contribution in [2.24, 2.45) is 0 Å². The first-order valence-corrected chi connectivity index (χ1v) is 5.81. The number of carboxylic acids is 1. The van der Waals surface area contributed by atoms with E-state index in [9.17, 15) is 18.0 Å². The number of pyridine rings is 1. The summed E-state index contributed by atoms with van der Waals surface area (Å²) in [4.78, 5) is 15.2. The van der Waals surface area contributed by atoms with E-state index in [4.69, 9.17) is 5.11 Å². The molecular formula is C14H10F3NO3. The van der Waals surface area contributed by atoms with Gasteiger partial charge in [0.1, 0.15) is 5.75 Å². The van der Waals surface area contributed by atoms with Gasteiger partial charge in [0.05, 0.1) is 5.56 Å². The molecule has 0 bridgehead atoms. The molecule has 2 aromatic rings. The molecule has 2 rings (SSSR count). The summed E-state index contributed by atoms with van der Waals surface area (Å²) in [6.07, 6.45) is -1.84. The number of ether oxygens (including phenoxy) is 1. The van der Waals surface area contributed by atoms with E-state index in [0.717, 1.165) is 17.7 Å². The van der Waals surface area contributed by atoms with Crippen molar-refractivity contribution in [1.29, 1.82) is 0 Å². The average Bonchev–Trinajstić information content (AvgIpc) is 2.36. The van der Waals surface area contributed by atoms with Gasteiger partial charge in [0.15, 0.2) is 0 Å². The highest BCUT2D eigenvalue weighted by molar-refractivity contribution is 5.96. The number of carboxylic acid groups (broad SMARTS) is 1. The van der Waals surface area contributed by atoms with Crippen molar-refractivity contribution in [3.63, 3.8) is 0 Å². The first-order chi connectivity index (χ1) is 9.76. The van der Waals surface area contributed by atoms with Crippen LogP contribution in [0.25, 0.3) is 11.1 Å². The van der Waals surface area contributed by atoms with Crippen molar-refractivity contribution in [2.45, 2.75) is 13.3 Å². The number of halogens is 3. The van der Waals surface area contributed by atoms with E-state index in [1.807, 2.05) is 0 Å². The molecule has 0 unspecified atom stereocenters. The Bertz CT molecular complexity index is 683. The van der Waals surface area contributed by atoms with Crippen molar-refractivity contribution in [2.75, 3.05) is 0 Å². The lowest BCUT2D eigenvalue weighted by Gasteiger charge is -2.12. The number of rotatable bonds is 3. The van der Waals surface area contributed by atoms with Gasteiger partial charge in [-0.05, 0) is 42.3 Å². The molecule has 0 aliphatic heterocycles. The number of aromatic carboxylic acids is 1. The number of alkyl halides is 3. The number of hydrogen-bond acceptors (Lipinski definition) is 3. The van der Waals surface area contributed by atoms with E-state index >= 15 is 0 Å². The van der Waals surface area contributed by atoms with E-state index in [1.165, 1.54) is 12.3 Å². The maximum atomic E-state index is 12.2. The Balaban J connectivity index is 2.50. The Kier molecular flexibility index (Phi) is 3.84. The minimum absolute atomic E-state index is 0.272. The molecule has 0 atom stereocenters.